The Bertz CT molecular complexity index is 384. The quantitative estimate of drug-likeness (QED) is 0.850. The van der Waals surface area contributed by atoms with Crippen molar-refractivity contribution in [2.45, 2.75) is 52.4 Å². The summed E-state index contributed by atoms with van der Waals surface area (Å²) in [6.45, 7) is 14.3. The maximum Gasteiger partial charge on any atom is 0.136 e. The minimum Gasteiger partial charge on any atom is -0.383 e. The van der Waals surface area contributed by atoms with Crippen molar-refractivity contribution >= 4 is 5.82 Å². The molecule has 0 aliphatic carbocycles. The standard InChI is InChI=1S/C15H27N3O/c1-14(2,3)11-10-12(16-8-9-19-7)18-13(17-11)15(4,5)6/h10H,8-9H2,1-7H3,(H,16,17,18). The fourth-order valence-electron chi connectivity index (χ4n) is 1.54. The second-order valence-corrected chi connectivity index (χ2v) is 6.88. The van der Waals surface area contributed by atoms with Gasteiger partial charge in [-0.1, -0.05) is 41.5 Å². The van der Waals surface area contributed by atoms with Crippen LogP contribution in [0.15, 0.2) is 6.07 Å². The van der Waals surface area contributed by atoms with Gasteiger partial charge in [-0.2, -0.15) is 0 Å². The number of nitrogens with zero attached hydrogens (tertiary/aromatic N) is 2. The van der Waals surface area contributed by atoms with Gasteiger partial charge < -0.3 is 10.1 Å². The molecule has 0 fully saturated rings. The first-order valence-corrected chi connectivity index (χ1v) is 6.77. The van der Waals surface area contributed by atoms with E-state index in [0.717, 1.165) is 23.9 Å². The van der Waals surface area contributed by atoms with Gasteiger partial charge in [0.2, 0.25) is 0 Å². The fourth-order valence-corrected chi connectivity index (χ4v) is 1.54. The van der Waals surface area contributed by atoms with Crippen molar-refractivity contribution in [2.24, 2.45) is 0 Å². The van der Waals surface area contributed by atoms with Crippen molar-refractivity contribution < 1.29 is 4.74 Å². The third-order valence-corrected chi connectivity index (χ3v) is 2.78. The number of ether oxygens (including phenoxy) is 1. The second kappa shape index (κ2) is 5.87. The largest absolute Gasteiger partial charge is 0.383 e. The second-order valence-electron chi connectivity index (χ2n) is 6.88. The van der Waals surface area contributed by atoms with Gasteiger partial charge in [0.15, 0.2) is 0 Å². The highest BCUT2D eigenvalue weighted by molar-refractivity contribution is 5.38. The van der Waals surface area contributed by atoms with Crippen LogP contribution in [0.2, 0.25) is 0 Å². The number of methoxy groups -OCH3 is 1. The summed E-state index contributed by atoms with van der Waals surface area (Å²) in [5.41, 5.74) is 1.02. The molecule has 0 amide bonds. The SMILES string of the molecule is COCCNc1cc(C(C)(C)C)nc(C(C)(C)C)n1. The van der Waals surface area contributed by atoms with Crippen LogP contribution in [0.1, 0.15) is 53.1 Å². The van der Waals surface area contributed by atoms with E-state index in [1.54, 1.807) is 7.11 Å². The summed E-state index contributed by atoms with van der Waals surface area (Å²) in [5, 5.41) is 3.29. The Morgan fingerprint density at radius 2 is 1.68 bits per heavy atom. The molecule has 0 aliphatic heterocycles. The topological polar surface area (TPSA) is 47.0 Å². The third-order valence-electron chi connectivity index (χ3n) is 2.78. The molecule has 4 nitrogen and oxygen atoms in total. The number of hydrogen-bond acceptors (Lipinski definition) is 4. The summed E-state index contributed by atoms with van der Waals surface area (Å²) >= 11 is 0. The minimum atomic E-state index is -0.0566. The van der Waals surface area contributed by atoms with E-state index in [2.05, 4.69) is 51.8 Å². The van der Waals surface area contributed by atoms with Gasteiger partial charge in [0, 0.05) is 30.6 Å². The molecule has 0 unspecified atom stereocenters. The van der Waals surface area contributed by atoms with E-state index in [9.17, 15) is 0 Å². The summed E-state index contributed by atoms with van der Waals surface area (Å²) in [6, 6.07) is 2.03. The van der Waals surface area contributed by atoms with E-state index in [-0.39, 0.29) is 10.8 Å². The van der Waals surface area contributed by atoms with Gasteiger partial charge in [-0.05, 0) is 0 Å². The lowest BCUT2D eigenvalue weighted by molar-refractivity contribution is 0.210. The molecule has 0 aromatic carbocycles. The van der Waals surface area contributed by atoms with Crippen LogP contribution >= 0.6 is 0 Å². The van der Waals surface area contributed by atoms with Crippen LogP contribution in [-0.4, -0.2) is 30.2 Å². The highest BCUT2D eigenvalue weighted by atomic mass is 16.5. The molecule has 1 aromatic heterocycles. The lowest BCUT2D eigenvalue weighted by atomic mass is 9.90. The Labute approximate surface area is 117 Å². The van der Waals surface area contributed by atoms with Gasteiger partial charge in [0.25, 0.3) is 0 Å². The molecule has 0 spiro atoms. The molecule has 19 heavy (non-hydrogen) atoms. The van der Waals surface area contributed by atoms with Gasteiger partial charge in [-0.15, -0.1) is 0 Å². The van der Waals surface area contributed by atoms with Crippen molar-refractivity contribution in [2.75, 3.05) is 25.6 Å². The first-order chi connectivity index (χ1) is 8.64. The summed E-state index contributed by atoms with van der Waals surface area (Å²) < 4.78 is 5.05. The van der Waals surface area contributed by atoms with Gasteiger partial charge >= 0.3 is 0 Å². The molecular formula is C15H27N3O. The molecule has 0 saturated heterocycles. The number of aromatic nitrogens is 2. The van der Waals surface area contributed by atoms with E-state index in [0.29, 0.717) is 6.61 Å². The van der Waals surface area contributed by atoms with Crippen LogP contribution in [-0.2, 0) is 15.6 Å². The zero-order chi connectivity index (χ0) is 14.7. The molecule has 1 heterocycles. The zero-order valence-corrected chi connectivity index (χ0v) is 13.3. The Morgan fingerprint density at radius 1 is 1.05 bits per heavy atom. The van der Waals surface area contributed by atoms with Crippen molar-refractivity contribution in [3.05, 3.63) is 17.6 Å². The fraction of sp³-hybridized carbons (Fsp3) is 0.733. The van der Waals surface area contributed by atoms with Crippen molar-refractivity contribution in [1.29, 1.82) is 0 Å². The van der Waals surface area contributed by atoms with E-state index < -0.39 is 0 Å². The van der Waals surface area contributed by atoms with Crippen LogP contribution in [0.4, 0.5) is 5.82 Å². The molecule has 1 aromatic rings. The highest BCUT2D eigenvalue weighted by Gasteiger charge is 2.23. The normalized spacial score (nSPS) is 12.6. The first-order valence-electron chi connectivity index (χ1n) is 6.77. The van der Waals surface area contributed by atoms with E-state index in [1.165, 1.54) is 0 Å². The number of hydrogen-bond donors (Lipinski definition) is 1. The molecule has 0 radical (unpaired) electrons. The Hall–Kier alpha value is -1.16. The first kappa shape index (κ1) is 15.9. The Morgan fingerprint density at radius 3 is 2.16 bits per heavy atom. The minimum absolute atomic E-state index is 0.0145. The predicted octanol–water partition coefficient (Wildman–Crippen LogP) is 3.13. The lowest BCUT2D eigenvalue weighted by Gasteiger charge is -2.24. The molecular weight excluding hydrogens is 238 g/mol. The predicted molar refractivity (Wildman–Crippen MR) is 79.8 cm³/mol. The van der Waals surface area contributed by atoms with Gasteiger partial charge in [-0.3, -0.25) is 0 Å². The lowest BCUT2D eigenvalue weighted by Crippen LogP contribution is -2.23. The van der Waals surface area contributed by atoms with Crippen molar-refractivity contribution in [3.63, 3.8) is 0 Å². The molecule has 108 valence electrons. The molecule has 1 N–H and O–H groups in total. The smallest absolute Gasteiger partial charge is 0.136 e. The van der Waals surface area contributed by atoms with Crippen LogP contribution < -0.4 is 5.32 Å². The highest BCUT2D eigenvalue weighted by Crippen LogP contribution is 2.26. The summed E-state index contributed by atoms with van der Waals surface area (Å²) in [7, 11) is 1.70. The van der Waals surface area contributed by atoms with Crippen molar-refractivity contribution in [3.8, 4) is 0 Å². The van der Waals surface area contributed by atoms with Crippen LogP contribution in [0.5, 0.6) is 0 Å². The number of nitrogens with one attached hydrogen (secondary N) is 1. The van der Waals surface area contributed by atoms with Gasteiger partial charge in [0.1, 0.15) is 11.6 Å². The Balaban J connectivity index is 3.10. The van der Waals surface area contributed by atoms with E-state index in [4.69, 9.17) is 9.72 Å². The maximum atomic E-state index is 5.05. The van der Waals surface area contributed by atoms with Crippen LogP contribution in [0.25, 0.3) is 0 Å². The number of anilines is 1. The van der Waals surface area contributed by atoms with E-state index in [1.807, 2.05) is 6.07 Å². The molecule has 0 saturated carbocycles. The summed E-state index contributed by atoms with van der Waals surface area (Å²) in [6.07, 6.45) is 0. The third kappa shape index (κ3) is 4.78. The van der Waals surface area contributed by atoms with Gasteiger partial charge in [-0.25, -0.2) is 9.97 Å². The Kier molecular flexibility index (Phi) is 4.91. The molecule has 1 rings (SSSR count). The summed E-state index contributed by atoms with van der Waals surface area (Å²) in [5.74, 6) is 1.75. The average molecular weight is 265 g/mol. The van der Waals surface area contributed by atoms with Crippen LogP contribution in [0.3, 0.4) is 0 Å². The zero-order valence-electron chi connectivity index (χ0n) is 13.3. The maximum absolute atomic E-state index is 5.05. The van der Waals surface area contributed by atoms with Gasteiger partial charge in [0.05, 0.1) is 12.3 Å². The van der Waals surface area contributed by atoms with Crippen LogP contribution in [0, 0.1) is 0 Å². The molecule has 4 heteroatoms. The summed E-state index contributed by atoms with van der Waals surface area (Å²) in [4.78, 5) is 9.33. The molecule has 0 atom stereocenters. The monoisotopic (exact) mass is 265 g/mol. The van der Waals surface area contributed by atoms with E-state index >= 15 is 0 Å². The number of rotatable bonds is 4. The average Bonchev–Trinajstić information content (AvgIpc) is 2.27. The molecule has 0 aliphatic rings. The molecule has 0 bridgehead atoms. The van der Waals surface area contributed by atoms with Crippen molar-refractivity contribution in [1.82, 2.24) is 9.97 Å².